The lowest BCUT2D eigenvalue weighted by molar-refractivity contribution is -0.122. The molecule has 1 heterocycles. The molecule has 18 heavy (non-hydrogen) atoms. The van der Waals surface area contributed by atoms with Gasteiger partial charge in [-0.2, -0.15) is 0 Å². The number of nitrogens with one attached hydrogen (secondary N) is 1. The maximum absolute atomic E-state index is 12.5. The van der Waals surface area contributed by atoms with E-state index in [0.29, 0.717) is 0 Å². The molecule has 0 spiro atoms. The highest BCUT2D eigenvalue weighted by atomic mass is 16.2. The standard InChI is InChI=1S/C15H22N2O/c1-10-7-11(2)9-13(8-10)17(4)15(18)14-5-6-16-12(14)3/h7-9,12,14,16H,5-6H2,1-4H3. The van der Waals surface area contributed by atoms with Crippen molar-refractivity contribution in [3.63, 3.8) is 0 Å². The number of hydrogen-bond donors (Lipinski definition) is 1. The van der Waals surface area contributed by atoms with Gasteiger partial charge >= 0.3 is 0 Å². The molecule has 3 nitrogen and oxygen atoms in total. The van der Waals surface area contributed by atoms with Crippen LogP contribution in [0.25, 0.3) is 0 Å². The Bertz CT molecular complexity index is 436. The summed E-state index contributed by atoms with van der Waals surface area (Å²) in [5, 5.41) is 3.33. The van der Waals surface area contributed by atoms with Gasteiger partial charge in [0.15, 0.2) is 0 Å². The number of hydrogen-bond acceptors (Lipinski definition) is 2. The lowest BCUT2D eigenvalue weighted by Gasteiger charge is -2.24. The maximum Gasteiger partial charge on any atom is 0.231 e. The van der Waals surface area contributed by atoms with E-state index < -0.39 is 0 Å². The van der Waals surface area contributed by atoms with Crippen LogP contribution in [-0.4, -0.2) is 25.5 Å². The maximum atomic E-state index is 12.5. The Labute approximate surface area is 109 Å². The van der Waals surface area contributed by atoms with Crippen molar-refractivity contribution >= 4 is 11.6 Å². The van der Waals surface area contributed by atoms with Gasteiger partial charge in [0, 0.05) is 18.8 Å². The van der Waals surface area contributed by atoms with E-state index in [9.17, 15) is 4.79 Å². The van der Waals surface area contributed by atoms with Gasteiger partial charge in [0.05, 0.1) is 5.92 Å². The fraction of sp³-hybridized carbons (Fsp3) is 0.533. The number of rotatable bonds is 2. The summed E-state index contributed by atoms with van der Waals surface area (Å²) in [6, 6.07) is 6.54. The van der Waals surface area contributed by atoms with Crippen molar-refractivity contribution in [2.75, 3.05) is 18.5 Å². The smallest absolute Gasteiger partial charge is 0.231 e. The number of anilines is 1. The molecular formula is C15H22N2O. The largest absolute Gasteiger partial charge is 0.315 e. The summed E-state index contributed by atoms with van der Waals surface area (Å²) in [5.74, 6) is 0.327. The van der Waals surface area contributed by atoms with Gasteiger partial charge in [-0.05, 0) is 57.0 Å². The second-order valence-corrected chi connectivity index (χ2v) is 5.38. The third-order valence-electron chi connectivity index (χ3n) is 3.77. The van der Waals surface area contributed by atoms with E-state index >= 15 is 0 Å². The van der Waals surface area contributed by atoms with E-state index in [4.69, 9.17) is 0 Å². The van der Waals surface area contributed by atoms with Crippen molar-refractivity contribution in [3.05, 3.63) is 29.3 Å². The lowest BCUT2D eigenvalue weighted by atomic mass is 10.00. The first-order valence-corrected chi connectivity index (χ1v) is 6.58. The highest BCUT2D eigenvalue weighted by molar-refractivity contribution is 5.95. The van der Waals surface area contributed by atoms with Crippen LogP contribution in [0.4, 0.5) is 5.69 Å². The zero-order chi connectivity index (χ0) is 13.3. The molecule has 1 aliphatic rings. The van der Waals surface area contributed by atoms with Gasteiger partial charge in [-0.3, -0.25) is 4.79 Å². The molecule has 98 valence electrons. The van der Waals surface area contributed by atoms with Crippen molar-refractivity contribution < 1.29 is 4.79 Å². The molecule has 2 unspecified atom stereocenters. The van der Waals surface area contributed by atoms with Crippen LogP contribution in [0.3, 0.4) is 0 Å². The molecular weight excluding hydrogens is 224 g/mol. The number of benzene rings is 1. The summed E-state index contributed by atoms with van der Waals surface area (Å²) in [6.45, 7) is 7.16. The Morgan fingerprint density at radius 3 is 2.39 bits per heavy atom. The first-order valence-electron chi connectivity index (χ1n) is 6.58. The van der Waals surface area contributed by atoms with Crippen molar-refractivity contribution in [3.8, 4) is 0 Å². The van der Waals surface area contributed by atoms with Crippen LogP contribution in [0.15, 0.2) is 18.2 Å². The highest BCUT2D eigenvalue weighted by Crippen LogP contribution is 2.23. The fourth-order valence-corrected chi connectivity index (χ4v) is 2.72. The molecule has 1 N–H and O–H groups in total. The van der Waals surface area contributed by atoms with E-state index in [0.717, 1.165) is 18.7 Å². The van der Waals surface area contributed by atoms with Gasteiger partial charge in [0.2, 0.25) is 5.91 Å². The second-order valence-electron chi connectivity index (χ2n) is 5.38. The van der Waals surface area contributed by atoms with Crippen molar-refractivity contribution in [1.82, 2.24) is 5.32 Å². The van der Waals surface area contributed by atoms with E-state index in [2.05, 4.69) is 44.3 Å². The Balaban J connectivity index is 2.19. The molecule has 1 fully saturated rings. The van der Waals surface area contributed by atoms with E-state index in [-0.39, 0.29) is 17.9 Å². The van der Waals surface area contributed by atoms with Gasteiger partial charge < -0.3 is 10.2 Å². The van der Waals surface area contributed by atoms with E-state index in [1.54, 1.807) is 4.90 Å². The van der Waals surface area contributed by atoms with Gasteiger partial charge in [-0.1, -0.05) is 6.07 Å². The number of carbonyl (C=O) groups is 1. The summed E-state index contributed by atoms with van der Waals surface area (Å²) >= 11 is 0. The third kappa shape index (κ3) is 2.56. The van der Waals surface area contributed by atoms with Crippen LogP contribution < -0.4 is 10.2 Å². The van der Waals surface area contributed by atoms with Crippen LogP contribution in [-0.2, 0) is 4.79 Å². The van der Waals surface area contributed by atoms with E-state index in [1.807, 2.05) is 7.05 Å². The molecule has 2 atom stereocenters. The molecule has 3 heteroatoms. The predicted octanol–water partition coefficient (Wildman–Crippen LogP) is 2.26. The number of amides is 1. The zero-order valence-corrected chi connectivity index (χ0v) is 11.7. The highest BCUT2D eigenvalue weighted by Gasteiger charge is 2.31. The summed E-state index contributed by atoms with van der Waals surface area (Å²) in [7, 11) is 1.88. The van der Waals surface area contributed by atoms with Gasteiger partial charge in [0.1, 0.15) is 0 Å². The zero-order valence-electron chi connectivity index (χ0n) is 11.7. The summed E-state index contributed by atoms with van der Waals surface area (Å²) in [4.78, 5) is 14.3. The van der Waals surface area contributed by atoms with Crippen LogP contribution >= 0.6 is 0 Å². The first-order chi connectivity index (χ1) is 8.49. The Morgan fingerprint density at radius 1 is 1.28 bits per heavy atom. The van der Waals surface area contributed by atoms with Gasteiger partial charge in [0.25, 0.3) is 0 Å². The molecule has 1 amide bonds. The average Bonchev–Trinajstić information content (AvgIpc) is 2.72. The first kappa shape index (κ1) is 13.1. The fourth-order valence-electron chi connectivity index (χ4n) is 2.72. The summed E-state index contributed by atoms with van der Waals surface area (Å²) in [5.41, 5.74) is 3.39. The number of carbonyl (C=O) groups excluding carboxylic acids is 1. The summed E-state index contributed by atoms with van der Waals surface area (Å²) in [6.07, 6.45) is 0.940. The minimum absolute atomic E-state index is 0.107. The molecule has 0 aromatic heterocycles. The monoisotopic (exact) mass is 246 g/mol. The molecule has 0 saturated carbocycles. The van der Waals surface area contributed by atoms with Crippen LogP contribution in [0.1, 0.15) is 24.5 Å². The minimum atomic E-state index is 0.107. The number of nitrogens with zero attached hydrogens (tertiary/aromatic N) is 1. The predicted molar refractivity (Wildman–Crippen MR) is 74.9 cm³/mol. The molecule has 2 rings (SSSR count). The Morgan fingerprint density at radius 2 is 1.89 bits per heavy atom. The quantitative estimate of drug-likeness (QED) is 0.868. The average molecular weight is 246 g/mol. The summed E-state index contributed by atoms with van der Waals surface area (Å²) < 4.78 is 0. The normalized spacial score (nSPS) is 23.1. The molecule has 1 aromatic carbocycles. The van der Waals surface area contributed by atoms with Gasteiger partial charge in [-0.25, -0.2) is 0 Å². The van der Waals surface area contributed by atoms with E-state index in [1.165, 1.54) is 11.1 Å². The van der Waals surface area contributed by atoms with Crippen molar-refractivity contribution in [2.45, 2.75) is 33.2 Å². The molecule has 1 aromatic rings. The van der Waals surface area contributed by atoms with Crippen LogP contribution in [0, 0.1) is 19.8 Å². The molecule has 1 saturated heterocycles. The van der Waals surface area contributed by atoms with Crippen LogP contribution in [0.2, 0.25) is 0 Å². The second kappa shape index (κ2) is 5.11. The Kier molecular flexibility index (Phi) is 3.71. The molecule has 1 aliphatic heterocycles. The SMILES string of the molecule is Cc1cc(C)cc(N(C)C(=O)C2CCNC2C)c1. The minimum Gasteiger partial charge on any atom is -0.315 e. The van der Waals surface area contributed by atoms with Crippen molar-refractivity contribution in [2.24, 2.45) is 5.92 Å². The molecule has 0 aliphatic carbocycles. The molecule has 0 bridgehead atoms. The Hall–Kier alpha value is -1.35. The lowest BCUT2D eigenvalue weighted by Crippen LogP contribution is -2.38. The van der Waals surface area contributed by atoms with Crippen LogP contribution in [0.5, 0.6) is 0 Å². The van der Waals surface area contributed by atoms with Gasteiger partial charge in [-0.15, -0.1) is 0 Å². The number of aryl methyl sites for hydroxylation is 2. The third-order valence-corrected chi connectivity index (χ3v) is 3.77. The molecule has 0 radical (unpaired) electrons. The topological polar surface area (TPSA) is 32.3 Å². The van der Waals surface area contributed by atoms with Crippen molar-refractivity contribution in [1.29, 1.82) is 0 Å².